The van der Waals surface area contributed by atoms with E-state index in [9.17, 15) is 29.1 Å². The van der Waals surface area contributed by atoms with Crippen LogP contribution in [-0.4, -0.2) is 87.8 Å². The van der Waals surface area contributed by atoms with E-state index in [1.807, 2.05) is 5.32 Å². The van der Waals surface area contributed by atoms with E-state index < -0.39 is 66.3 Å². The number of carbonyl (C=O) groups is 5. The summed E-state index contributed by atoms with van der Waals surface area (Å²) in [4.78, 5) is 59.2. The number of nitrogens with two attached hydrogens (primary N) is 2. The third-order valence-electron chi connectivity index (χ3n) is 3.86. The zero-order chi connectivity index (χ0) is 23.4. The lowest BCUT2D eigenvalue weighted by Crippen LogP contribution is -2.60. The molecule has 0 aromatic heterocycles. The van der Waals surface area contributed by atoms with Crippen molar-refractivity contribution in [1.82, 2.24) is 16.0 Å². The minimum atomic E-state index is -1.63. The lowest BCUT2D eigenvalue weighted by molar-refractivity contribution is -0.144. The van der Waals surface area contributed by atoms with Gasteiger partial charge in [-0.05, 0) is 25.4 Å². The molecule has 5 atom stereocenters. The van der Waals surface area contributed by atoms with Crippen LogP contribution >= 0.6 is 24.4 Å². The van der Waals surface area contributed by atoms with Crippen LogP contribution in [0.3, 0.4) is 0 Å². The number of primary amides is 1. The third-order valence-corrected chi connectivity index (χ3v) is 4.90. The third kappa shape index (κ3) is 10.1. The van der Waals surface area contributed by atoms with Crippen LogP contribution in [0.4, 0.5) is 0 Å². The summed E-state index contributed by atoms with van der Waals surface area (Å²) in [6.45, 7) is 1.21. The van der Waals surface area contributed by atoms with E-state index in [0.717, 1.165) is 0 Å². The highest BCUT2D eigenvalue weighted by molar-refractivity contribution is 7.98. The fourth-order valence-electron chi connectivity index (χ4n) is 2.19. The highest BCUT2D eigenvalue weighted by Gasteiger charge is 2.32. The van der Waals surface area contributed by atoms with Crippen molar-refractivity contribution in [3.05, 3.63) is 0 Å². The van der Waals surface area contributed by atoms with E-state index in [1.54, 1.807) is 6.26 Å². The number of hydrogen-bond donors (Lipinski definition) is 8. The molecule has 0 aromatic rings. The van der Waals surface area contributed by atoms with Gasteiger partial charge in [-0.2, -0.15) is 24.4 Å². The number of aliphatic hydroxyl groups is 1. The fraction of sp³-hybridized carbons (Fsp3) is 0.688. The lowest BCUT2D eigenvalue weighted by Gasteiger charge is -2.26. The van der Waals surface area contributed by atoms with Gasteiger partial charge in [-0.1, -0.05) is 0 Å². The van der Waals surface area contributed by atoms with Crippen molar-refractivity contribution in [2.75, 3.05) is 17.8 Å². The molecule has 0 fully saturated rings. The molecular formula is C16H29N5O7S2. The Morgan fingerprint density at radius 2 is 1.60 bits per heavy atom. The predicted molar refractivity (Wildman–Crippen MR) is 114 cm³/mol. The minimum absolute atomic E-state index is 0.0534. The summed E-state index contributed by atoms with van der Waals surface area (Å²) in [7, 11) is 0. The highest BCUT2D eigenvalue weighted by Crippen LogP contribution is 2.04. The minimum Gasteiger partial charge on any atom is -0.480 e. The van der Waals surface area contributed by atoms with Gasteiger partial charge in [0.2, 0.25) is 23.6 Å². The molecule has 12 nitrogen and oxygen atoms in total. The summed E-state index contributed by atoms with van der Waals surface area (Å²) < 4.78 is 0. The van der Waals surface area contributed by atoms with E-state index in [2.05, 4.69) is 23.3 Å². The summed E-state index contributed by atoms with van der Waals surface area (Å²) in [6.07, 6.45) is -0.0672. The van der Waals surface area contributed by atoms with Crippen LogP contribution in [0.5, 0.6) is 0 Å². The van der Waals surface area contributed by atoms with Crippen LogP contribution in [-0.2, 0) is 24.0 Å². The Morgan fingerprint density at radius 1 is 1.03 bits per heavy atom. The molecule has 4 amide bonds. The first-order chi connectivity index (χ1) is 13.9. The van der Waals surface area contributed by atoms with E-state index in [4.69, 9.17) is 16.6 Å². The SMILES string of the molecule is CSCCC(NC(=O)C(N)CS)C(=O)NC(C(=O)NC(CC(N)=O)C(=O)O)C(C)O. The van der Waals surface area contributed by atoms with Gasteiger partial charge in [-0.3, -0.25) is 19.2 Å². The largest absolute Gasteiger partial charge is 0.480 e. The summed E-state index contributed by atoms with van der Waals surface area (Å²) in [5, 5.41) is 25.8. The Kier molecular flexibility index (Phi) is 13.1. The van der Waals surface area contributed by atoms with Gasteiger partial charge in [0.1, 0.15) is 18.1 Å². The normalized spacial score (nSPS) is 15.8. The second-order valence-corrected chi connectivity index (χ2v) is 7.78. The molecule has 0 aliphatic carbocycles. The molecular weight excluding hydrogens is 438 g/mol. The van der Waals surface area contributed by atoms with Crippen molar-refractivity contribution in [2.45, 2.75) is 50.0 Å². The molecule has 0 saturated heterocycles. The second-order valence-electron chi connectivity index (χ2n) is 6.43. The van der Waals surface area contributed by atoms with Crippen molar-refractivity contribution >= 4 is 54.0 Å². The fourth-order valence-corrected chi connectivity index (χ4v) is 2.83. The first-order valence-electron chi connectivity index (χ1n) is 8.90. The Morgan fingerprint density at radius 3 is 2.03 bits per heavy atom. The molecule has 0 saturated carbocycles. The van der Waals surface area contributed by atoms with E-state index in [1.165, 1.54) is 18.7 Å². The quantitative estimate of drug-likeness (QED) is 0.120. The number of hydrogen-bond acceptors (Lipinski definition) is 9. The number of carboxylic acids is 1. The van der Waals surface area contributed by atoms with Gasteiger partial charge in [0.05, 0.1) is 18.6 Å². The zero-order valence-corrected chi connectivity index (χ0v) is 18.4. The lowest BCUT2D eigenvalue weighted by atomic mass is 10.1. The number of thiol groups is 1. The Bertz CT molecular complexity index is 635. The number of thioether (sulfide) groups is 1. The summed E-state index contributed by atoms with van der Waals surface area (Å²) in [5.41, 5.74) is 10.6. The Labute approximate surface area is 183 Å². The van der Waals surface area contributed by atoms with E-state index in [-0.39, 0.29) is 12.2 Å². The second kappa shape index (κ2) is 14.1. The predicted octanol–water partition coefficient (Wildman–Crippen LogP) is -3.21. The highest BCUT2D eigenvalue weighted by atomic mass is 32.2. The van der Waals surface area contributed by atoms with Gasteiger partial charge in [-0.15, -0.1) is 0 Å². The Balaban J connectivity index is 5.35. The number of aliphatic carboxylic acids is 1. The van der Waals surface area contributed by atoms with Gasteiger partial charge in [-0.25, -0.2) is 4.79 Å². The number of amides is 4. The van der Waals surface area contributed by atoms with Gasteiger partial charge in [0, 0.05) is 5.75 Å². The maximum absolute atomic E-state index is 12.6. The maximum Gasteiger partial charge on any atom is 0.326 e. The summed E-state index contributed by atoms with van der Waals surface area (Å²) >= 11 is 5.35. The molecule has 172 valence electrons. The number of nitrogens with one attached hydrogen (secondary N) is 3. The molecule has 14 heteroatoms. The first-order valence-corrected chi connectivity index (χ1v) is 10.9. The average Bonchev–Trinajstić information content (AvgIpc) is 2.66. The number of rotatable bonds is 14. The maximum atomic E-state index is 12.6. The van der Waals surface area contributed by atoms with E-state index >= 15 is 0 Å². The number of aliphatic hydroxyl groups excluding tert-OH is 1. The van der Waals surface area contributed by atoms with Crippen LogP contribution in [0, 0.1) is 0 Å². The molecule has 5 unspecified atom stereocenters. The van der Waals surface area contributed by atoms with Gasteiger partial charge >= 0.3 is 5.97 Å². The van der Waals surface area contributed by atoms with Crippen molar-refractivity contribution in [3.63, 3.8) is 0 Å². The van der Waals surface area contributed by atoms with Crippen molar-refractivity contribution < 1.29 is 34.2 Å². The molecule has 0 radical (unpaired) electrons. The van der Waals surface area contributed by atoms with Crippen molar-refractivity contribution in [2.24, 2.45) is 11.5 Å². The zero-order valence-electron chi connectivity index (χ0n) is 16.7. The van der Waals surface area contributed by atoms with Gasteiger partial charge in [0.25, 0.3) is 0 Å². The van der Waals surface area contributed by atoms with Crippen LogP contribution < -0.4 is 27.4 Å². The summed E-state index contributed by atoms with van der Waals surface area (Å²) in [5.74, 6) is -4.33. The molecule has 0 aliphatic rings. The monoisotopic (exact) mass is 467 g/mol. The molecule has 9 N–H and O–H groups in total. The average molecular weight is 468 g/mol. The van der Waals surface area contributed by atoms with Crippen LogP contribution in [0.15, 0.2) is 0 Å². The molecule has 0 aromatic carbocycles. The number of carbonyl (C=O) groups excluding carboxylic acids is 4. The topological polar surface area (TPSA) is 214 Å². The Hall–Kier alpha value is -2.03. The standard InChI is InChI=1S/C16H29N5O7S2/c1-7(22)12(15(26)20-10(16(27)28)5-11(18)23)21-14(25)9(3-4-30-2)19-13(24)8(17)6-29/h7-10,12,22,29H,3-6,17H2,1-2H3,(H2,18,23)(H,19,24)(H,20,26)(H,21,25)(H,27,28). The molecule has 30 heavy (non-hydrogen) atoms. The first kappa shape index (κ1) is 28.0. The van der Waals surface area contributed by atoms with Crippen LogP contribution in [0.1, 0.15) is 19.8 Å². The molecule has 0 bridgehead atoms. The van der Waals surface area contributed by atoms with Gasteiger partial charge in [0.15, 0.2) is 0 Å². The molecule has 0 spiro atoms. The summed E-state index contributed by atoms with van der Waals surface area (Å²) in [6, 6.07) is -5.17. The van der Waals surface area contributed by atoms with Crippen LogP contribution in [0.25, 0.3) is 0 Å². The van der Waals surface area contributed by atoms with Crippen LogP contribution in [0.2, 0.25) is 0 Å². The van der Waals surface area contributed by atoms with Crippen molar-refractivity contribution in [1.29, 1.82) is 0 Å². The number of carboxylic acid groups (broad SMARTS) is 1. The van der Waals surface area contributed by atoms with Gasteiger partial charge < -0.3 is 37.6 Å². The van der Waals surface area contributed by atoms with E-state index in [0.29, 0.717) is 5.75 Å². The molecule has 0 rings (SSSR count). The van der Waals surface area contributed by atoms with Crippen molar-refractivity contribution in [3.8, 4) is 0 Å². The molecule has 0 aliphatic heterocycles. The smallest absolute Gasteiger partial charge is 0.326 e. The molecule has 0 heterocycles.